The van der Waals surface area contributed by atoms with Gasteiger partial charge in [0.2, 0.25) is 5.91 Å². The van der Waals surface area contributed by atoms with Gasteiger partial charge in [-0.1, -0.05) is 0 Å². The van der Waals surface area contributed by atoms with Gasteiger partial charge >= 0.3 is 5.97 Å². The topological polar surface area (TPSA) is 175 Å². The van der Waals surface area contributed by atoms with Crippen molar-refractivity contribution in [2.75, 3.05) is 13.7 Å². The molecule has 1 saturated carbocycles. The van der Waals surface area contributed by atoms with Crippen LogP contribution < -0.4 is 5.32 Å². The summed E-state index contributed by atoms with van der Waals surface area (Å²) in [6.07, 6.45) is -9.54. The normalized spacial score (nSPS) is 44.1. The molecule has 11 nitrogen and oxygen atoms in total. The number of nitrogens with one attached hydrogen (secondary N) is 1. The number of aliphatic hydroxyl groups is 4. The third kappa shape index (κ3) is 4.62. The number of carboxylic acids is 1. The van der Waals surface area contributed by atoms with Crippen molar-refractivity contribution in [3.8, 4) is 0 Å². The molecule has 0 radical (unpaired) electrons. The molecule has 1 aliphatic heterocycles. The van der Waals surface area contributed by atoms with E-state index in [0.29, 0.717) is 0 Å². The molecule has 1 amide bonds. The van der Waals surface area contributed by atoms with Crippen LogP contribution in [0.4, 0.5) is 0 Å². The second kappa shape index (κ2) is 9.44. The molecule has 0 aromatic heterocycles. The monoisotopic (exact) mass is 407 g/mol. The molecule has 6 N–H and O–H groups in total. The number of carbonyl (C=O) groups is 2. The highest BCUT2D eigenvalue weighted by atomic mass is 16.6. The lowest BCUT2D eigenvalue weighted by Crippen LogP contribution is -2.66. The van der Waals surface area contributed by atoms with Gasteiger partial charge in [-0.2, -0.15) is 0 Å². The van der Waals surface area contributed by atoms with Crippen LogP contribution >= 0.6 is 0 Å². The molecule has 2 fully saturated rings. The van der Waals surface area contributed by atoms with Gasteiger partial charge in [-0.05, 0) is 13.3 Å². The van der Waals surface area contributed by atoms with Crippen LogP contribution in [-0.4, -0.2) is 106 Å². The van der Waals surface area contributed by atoms with E-state index in [9.17, 15) is 35.1 Å². The zero-order valence-electron chi connectivity index (χ0n) is 16.0. The van der Waals surface area contributed by atoms with Gasteiger partial charge in [0, 0.05) is 14.0 Å². The number of aliphatic carboxylic acids is 1. The first-order chi connectivity index (χ1) is 13.1. The van der Waals surface area contributed by atoms with Crippen molar-refractivity contribution in [1.29, 1.82) is 0 Å². The number of carboxylic acid groups (broad SMARTS) is 1. The molecule has 2 rings (SSSR count). The van der Waals surface area contributed by atoms with E-state index in [2.05, 4.69) is 5.32 Å². The highest BCUT2D eigenvalue weighted by Gasteiger charge is 2.51. The Balaban J connectivity index is 2.26. The number of rotatable bonds is 6. The molecule has 1 aliphatic carbocycles. The maximum absolute atomic E-state index is 11.6. The Kier molecular flexibility index (Phi) is 7.73. The smallest absolute Gasteiger partial charge is 0.309 e. The SMILES string of the molecule is COC1C(C(=O)O)CC(OC2C(O)C(CO)O[C@H](C)C2NC(C)=O)C(O)C1O. The van der Waals surface area contributed by atoms with Crippen molar-refractivity contribution in [3.05, 3.63) is 0 Å². The lowest BCUT2D eigenvalue weighted by Gasteiger charge is -2.47. The molecule has 1 heterocycles. The molecule has 2 aliphatic rings. The van der Waals surface area contributed by atoms with E-state index in [4.69, 9.17) is 14.2 Å². The van der Waals surface area contributed by atoms with E-state index in [0.717, 1.165) is 0 Å². The first-order valence-electron chi connectivity index (χ1n) is 9.11. The molecule has 0 aromatic carbocycles. The minimum absolute atomic E-state index is 0.179. The number of hydrogen-bond donors (Lipinski definition) is 6. The van der Waals surface area contributed by atoms with Gasteiger partial charge in [0.25, 0.3) is 0 Å². The number of amides is 1. The molecule has 162 valence electrons. The minimum atomic E-state index is -1.52. The van der Waals surface area contributed by atoms with Crippen molar-refractivity contribution in [2.45, 2.75) is 75.1 Å². The standard InChI is InChI=1S/C17H29NO10/c1-6-11(18-7(2)20)16(13(22)10(5-19)27-6)28-9-4-8(17(24)25)15(26-3)14(23)12(9)21/h6,8-16,19,21-23H,4-5H2,1-3H3,(H,18,20)(H,24,25)/t6-,8?,9?,10?,11?,12?,13?,14?,15?,16?/m1/s1. The van der Waals surface area contributed by atoms with Crippen molar-refractivity contribution in [1.82, 2.24) is 5.32 Å². The molecule has 1 saturated heterocycles. The molecular formula is C17H29NO10. The predicted molar refractivity (Wildman–Crippen MR) is 92.2 cm³/mol. The van der Waals surface area contributed by atoms with Gasteiger partial charge in [-0.15, -0.1) is 0 Å². The number of ether oxygens (including phenoxy) is 3. The fourth-order valence-electron chi connectivity index (χ4n) is 3.94. The quantitative estimate of drug-likeness (QED) is 0.270. The maximum Gasteiger partial charge on any atom is 0.309 e. The Morgan fingerprint density at radius 2 is 1.79 bits per heavy atom. The average Bonchev–Trinajstić information content (AvgIpc) is 2.63. The summed E-state index contributed by atoms with van der Waals surface area (Å²) in [4.78, 5) is 23.1. The van der Waals surface area contributed by atoms with E-state index in [1.165, 1.54) is 14.0 Å². The fourth-order valence-corrected chi connectivity index (χ4v) is 3.94. The summed E-state index contributed by atoms with van der Waals surface area (Å²) >= 11 is 0. The zero-order chi connectivity index (χ0) is 21.2. The van der Waals surface area contributed by atoms with E-state index < -0.39 is 79.3 Å². The first-order valence-corrected chi connectivity index (χ1v) is 9.11. The third-order valence-electron chi connectivity index (χ3n) is 5.39. The molecule has 10 atom stereocenters. The van der Waals surface area contributed by atoms with Crippen LogP contribution in [0.25, 0.3) is 0 Å². The first kappa shape index (κ1) is 22.9. The van der Waals surface area contributed by atoms with Crippen molar-refractivity contribution in [3.63, 3.8) is 0 Å². The Bertz CT molecular complexity index is 560. The third-order valence-corrected chi connectivity index (χ3v) is 5.39. The summed E-state index contributed by atoms with van der Waals surface area (Å²) < 4.78 is 16.4. The predicted octanol–water partition coefficient (Wildman–Crippen LogP) is -2.77. The lowest BCUT2D eigenvalue weighted by molar-refractivity contribution is -0.247. The van der Waals surface area contributed by atoms with E-state index in [1.54, 1.807) is 6.92 Å². The van der Waals surface area contributed by atoms with Gasteiger partial charge in [0.15, 0.2) is 0 Å². The molecule has 0 bridgehead atoms. The zero-order valence-corrected chi connectivity index (χ0v) is 16.0. The fraction of sp³-hybridized carbons (Fsp3) is 0.882. The van der Waals surface area contributed by atoms with Gasteiger partial charge in [-0.3, -0.25) is 9.59 Å². The van der Waals surface area contributed by atoms with Gasteiger partial charge in [0.1, 0.15) is 30.5 Å². The Morgan fingerprint density at radius 1 is 1.14 bits per heavy atom. The molecule has 28 heavy (non-hydrogen) atoms. The molecule has 9 unspecified atom stereocenters. The highest BCUT2D eigenvalue weighted by molar-refractivity contribution is 5.73. The Hall–Kier alpha value is -1.34. The number of methoxy groups -OCH3 is 1. The summed E-state index contributed by atoms with van der Waals surface area (Å²) in [5, 5.41) is 52.7. The molecule has 0 aromatic rings. The average molecular weight is 407 g/mol. The Morgan fingerprint density at radius 3 is 2.29 bits per heavy atom. The van der Waals surface area contributed by atoms with Crippen LogP contribution in [0.15, 0.2) is 0 Å². The molecular weight excluding hydrogens is 378 g/mol. The van der Waals surface area contributed by atoms with Gasteiger partial charge in [-0.25, -0.2) is 0 Å². The highest BCUT2D eigenvalue weighted by Crippen LogP contribution is 2.33. The molecule has 0 spiro atoms. The van der Waals surface area contributed by atoms with Crippen LogP contribution in [0.5, 0.6) is 0 Å². The number of hydrogen-bond acceptors (Lipinski definition) is 9. The summed E-state index contributed by atoms with van der Waals surface area (Å²) in [6, 6.07) is -0.817. The van der Waals surface area contributed by atoms with E-state index >= 15 is 0 Å². The number of carbonyl (C=O) groups excluding carboxylic acids is 1. The van der Waals surface area contributed by atoms with Gasteiger partial charge in [0.05, 0.1) is 36.9 Å². The van der Waals surface area contributed by atoms with Crippen LogP contribution in [0.3, 0.4) is 0 Å². The lowest BCUT2D eigenvalue weighted by atomic mass is 9.80. The second-order valence-electron chi connectivity index (χ2n) is 7.28. The van der Waals surface area contributed by atoms with E-state index in [-0.39, 0.29) is 6.42 Å². The van der Waals surface area contributed by atoms with Crippen molar-refractivity contribution in [2.24, 2.45) is 5.92 Å². The van der Waals surface area contributed by atoms with Crippen molar-refractivity contribution < 1.29 is 49.3 Å². The number of aliphatic hydroxyl groups excluding tert-OH is 4. The van der Waals surface area contributed by atoms with Crippen LogP contribution in [-0.2, 0) is 23.8 Å². The summed E-state index contributed by atoms with van der Waals surface area (Å²) in [6.45, 7) is 2.40. The molecule has 11 heteroatoms. The van der Waals surface area contributed by atoms with Crippen LogP contribution in [0, 0.1) is 5.92 Å². The van der Waals surface area contributed by atoms with Crippen LogP contribution in [0.1, 0.15) is 20.3 Å². The second-order valence-corrected chi connectivity index (χ2v) is 7.28. The summed E-state index contributed by atoms with van der Waals surface area (Å²) in [5.74, 6) is -2.77. The maximum atomic E-state index is 11.6. The Labute approximate surface area is 162 Å². The summed E-state index contributed by atoms with van der Waals surface area (Å²) in [7, 11) is 1.24. The van der Waals surface area contributed by atoms with Crippen molar-refractivity contribution >= 4 is 11.9 Å². The van der Waals surface area contributed by atoms with Crippen LogP contribution in [0.2, 0.25) is 0 Å². The van der Waals surface area contributed by atoms with Gasteiger partial charge < -0.3 is 45.1 Å². The summed E-state index contributed by atoms with van der Waals surface area (Å²) in [5.41, 5.74) is 0. The minimum Gasteiger partial charge on any atom is -0.481 e. The van der Waals surface area contributed by atoms with E-state index in [1.807, 2.05) is 0 Å². The largest absolute Gasteiger partial charge is 0.481 e.